The molecule has 0 atom stereocenters. The van der Waals surface area contributed by atoms with E-state index in [-0.39, 0.29) is 30.3 Å². The van der Waals surface area contributed by atoms with Crippen LogP contribution in [0.3, 0.4) is 0 Å². The average molecular weight is 403 g/mol. The fourth-order valence-electron chi connectivity index (χ4n) is 2.80. The monoisotopic (exact) mass is 403 g/mol. The van der Waals surface area contributed by atoms with Gasteiger partial charge in [-0.05, 0) is 18.6 Å². The summed E-state index contributed by atoms with van der Waals surface area (Å²) in [6.07, 6.45) is 0.986. The molecule has 0 unspecified atom stereocenters. The molecule has 0 fully saturated rings. The molecule has 1 aliphatic rings. The van der Waals surface area contributed by atoms with E-state index in [2.05, 4.69) is 16.3 Å². The Labute approximate surface area is 166 Å². The number of ether oxygens (including phenoxy) is 2. The molecule has 0 spiro atoms. The van der Waals surface area contributed by atoms with Crippen molar-refractivity contribution in [2.75, 3.05) is 30.4 Å². The summed E-state index contributed by atoms with van der Waals surface area (Å²) in [7, 11) is 0. The van der Waals surface area contributed by atoms with Crippen LogP contribution in [-0.2, 0) is 11.3 Å². The zero-order valence-electron chi connectivity index (χ0n) is 15.5. The summed E-state index contributed by atoms with van der Waals surface area (Å²) in [5.41, 5.74) is 0.350. The summed E-state index contributed by atoms with van der Waals surface area (Å²) in [6.45, 7) is 3.70. The zero-order chi connectivity index (χ0) is 19.9. The number of carbonyl (C=O) groups is 1. The maximum atomic E-state index is 12.9. The van der Waals surface area contributed by atoms with E-state index in [0.717, 1.165) is 6.42 Å². The van der Waals surface area contributed by atoms with E-state index in [9.17, 15) is 9.59 Å². The molecule has 2 heterocycles. The Balaban J connectivity index is 1.75. The third-order valence-corrected chi connectivity index (χ3v) is 5.04. The second kappa shape index (κ2) is 9.32. The second-order valence-electron chi connectivity index (χ2n) is 6.03. The summed E-state index contributed by atoms with van der Waals surface area (Å²) in [4.78, 5) is 26.2. The molecule has 0 radical (unpaired) electrons. The van der Waals surface area contributed by atoms with Crippen molar-refractivity contribution in [2.24, 2.45) is 0 Å². The molecular formula is C18H21N5O4S. The highest BCUT2D eigenvalue weighted by Gasteiger charge is 2.20. The quantitative estimate of drug-likeness (QED) is 0.669. The molecule has 9 nitrogen and oxygen atoms in total. The first-order valence-corrected chi connectivity index (χ1v) is 9.97. The maximum Gasteiger partial charge on any atom is 0.343 e. The predicted octanol–water partition coefficient (Wildman–Crippen LogP) is 1.79. The van der Waals surface area contributed by atoms with Crippen molar-refractivity contribution < 1.29 is 14.3 Å². The number of carbonyl (C=O) groups excluding carboxylic acids is 1. The van der Waals surface area contributed by atoms with E-state index >= 15 is 0 Å². The molecule has 1 N–H and O–H groups in total. The average Bonchev–Trinajstić information content (AvgIpc) is 3.06. The molecule has 3 rings (SSSR count). The van der Waals surface area contributed by atoms with Crippen molar-refractivity contribution in [1.82, 2.24) is 14.8 Å². The number of aromatic nitrogens is 3. The van der Waals surface area contributed by atoms with Crippen LogP contribution in [0.1, 0.15) is 19.8 Å². The van der Waals surface area contributed by atoms with Gasteiger partial charge < -0.3 is 14.4 Å². The number of nitrogens with zero attached hydrogens (tertiary/aromatic N) is 4. The Bertz CT molecular complexity index is 933. The van der Waals surface area contributed by atoms with Gasteiger partial charge in [0.15, 0.2) is 16.7 Å². The summed E-state index contributed by atoms with van der Waals surface area (Å²) >= 11 is 1.19. The number of benzene rings is 1. The Morgan fingerprint density at radius 3 is 2.93 bits per heavy atom. The van der Waals surface area contributed by atoms with Crippen molar-refractivity contribution in [3.8, 4) is 17.6 Å². The number of rotatable bonds is 8. The number of H-pyrrole nitrogens is 1. The van der Waals surface area contributed by atoms with E-state index in [1.807, 2.05) is 6.92 Å². The van der Waals surface area contributed by atoms with Gasteiger partial charge in [-0.3, -0.25) is 9.36 Å². The number of nitrogens with one attached hydrogen (secondary N) is 1. The lowest BCUT2D eigenvalue weighted by Crippen LogP contribution is -2.33. The van der Waals surface area contributed by atoms with Gasteiger partial charge in [0.25, 0.3) is 0 Å². The lowest BCUT2D eigenvalue weighted by atomic mass is 10.2. The molecule has 1 aromatic heterocycles. The molecule has 0 saturated heterocycles. The minimum atomic E-state index is -0.287. The second-order valence-corrected chi connectivity index (χ2v) is 6.98. The minimum Gasteiger partial charge on any atom is -0.486 e. The summed E-state index contributed by atoms with van der Waals surface area (Å²) in [5, 5.41) is 15.8. The molecule has 1 aliphatic heterocycles. The molecule has 1 amide bonds. The maximum absolute atomic E-state index is 12.9. The first kappa shape index (κ1) is 19.8. The Hall–Kier alpha value is -2.93. The summed E-state index contributed by atoms with van der Waals surface area (Å²) in [6, 6.07) is 7.35. The Morgan fingerprint density at radius 2 is 2.18 bits per heavy atom. The summed E-state index contributed by atoms with van der Waals surface area (Å²) < 4.78 is 12.6. The van der Waals surface area contributed by atoms with Crippen LogP contribution in [0.25, 0.3) is 0 Å². The SMILES string of the molecule is CCCn1c(SCC(=O)N(CCC#N)c2ccc3c(c2)OCCO3)n[nH]c1=O. The third kappa shape index (κ3) is 4.48. The number of nitriles is 1. The van der Waals surface area contributed by atoms with Crippen molar-refractivity contribution in [1.29, 1.82) is 5.26 Å². The fourth-order valence-corrected chi connectivity index (χ4v) is 3.65. The van der Waals surface area contributed by atoms with Gasteiger partial charge in [-0.1, -0.05) is 18.7 Å². The van der Waals surface area contributed by atoms with Gasteiger partial charge in [0.2, 0.25) is 5.91 Å². The van der Waals surface area contributed by atoms with Crippen molar-refractivity contribution in [2.45, 2.75) is 31.5 Å². The van der Waals surface area contributed by atoms with E-state index in [1.54, 1.807) is 23.1 Å². The number of hydrogen-bond donors (Lipinski definition) is 1. The number of anilines is 1. The number of hydrogen-bond acceptors (Lipinski definition) is 7. The van der Waals surface area contributed by atoms with Crippen LogP contribution in [0.5, 0.6) is 11.5 Å². The highest BCUT2D eigenvalue weighted by Crippen LogP contribution is 2.34. The molecule has 28 heavy (non-hydrogen) atoms. The standard InChI is InChI=1S/C18H21N5O4S/c1-2-7-23-17(25)20-21-18(23)28-12-16(24)22(8-3-6-19)13-4-5-14-15(11-13)27-10-9-26-14/h4-5,11H,2-3,7-10,12H2,1H3,(H,20,25). The van der Waals surface area contributed by atoms with E-state index in [1.165, 1.54) is 16.3 Å². The highest BCUT2D eigenvalue weighted by atomic mass is 32.2. The van der Waals surface area contributed by atoms with Crippen molar-refractivity contribution in [3.05, 3.63) is 28.7 Å². The summed E-state index contributed by atoms with van der Waals surface area (Å²) in [5.74, 6) is 1.12. The van der Waals surface area contributed by atoms with E-state index in [0.29, 0.717) is 42.1 Å². The van der Waals surface area contributed by atoms with Crippen molar-refractivity contribution >= 4 is 23.4 Å². The van der Waals surface area contributed by atoms with Gasteiger partial charge in [-0.2, -0.15) is 5.26 Å². The molecule has 2 aromatic rings. The predicted molar refractivity (Wildman–Crippen MR) is 104 cm³/mol. The van der Waals surface area contributed by atoms with Crippen LogP contribution < -0.4 is 20.1 Å². The number of amides is 1. The number of aromatic amines is 1. The topological polar surface area (TPSA) is 113 Å². The number of thioether (sulfide) groups is 1. The van der Waals surface area contributed by atoms with Crippen LogP contribution in [-0.4, -0.2) is 46.2 Å². The van der Waals surface area contributed by atoms with Crippen LogP contribution in [0.15, 0.2) is 28.2 Å². The third-order valence-electron chi connectivity index (χ3n) is 4.08. The normalized spacial score (nSPS) is 12.4. The van der Waals surface area contributed by atoms with E-state index < -0.39 is 0 Å². The van der Waals surface area contributed by atoms with E-state index in [4.69, 9.17) is 14.7 Å². The van der Waals surface area contributed by atoms with Gasteiger partial charge in [-0.15, -0.1) is 5.10 Å². The first-order valence-electron chi connectivity index (χ1n) is 8.99. The lowest BCUT2D eigenvalue weighted by molar-refractivity contribution is -0.116. The molecule has 148 valence electrons. The molecule has 0 saturated carbocycles. The molecule has 0 aliphatic carbocycles. The molecule has 10 heteroatoms. The zero-order valence-corrected chi connectivity index (χ0v) is 16.3. The highest BCUT2D eigenvalue weighted by molar-refractivity contribution is 7.99. The van der Waals surface area contributed by atoms with Crippen LogP contribution in [0, 0.1) is 11.3 Å². The Morgan fingerprint density at radius 1 is 1.39 bits per heavy atom. The van der Waals surface area contributed by atoms with Crippen LogP contribution in [0.4, 0.5) is 5.69 Å². The lowest BCUT2D eigenvalue weighted by Gasteiger charge is -2.24. The van der Waals surface area contributed by atoms with Gasteiger partial charge in [0.1, 0.15) is 13.2 Å². The Kier molecular flexibility index (Phi) is 6.60. The van der Waals surface area contributed by atoms with Crippen molar-refractivity contribution in [3.63, 3.8) is 0 Å². The number of fused-ring (bicyclic) bond motifs is 1. The van der Waals surface area contributed by atoms with Gasteiger partial charge >= 0.3 is 5.69 Å². The van der Waals surface area contributed by atoms with Crippen LogP contribution in [0.2, 0.25) is 0 Å². The fraction of sp³-hybridized carbons (Fsp3) is 0.444. The largest absolute Gasteiger partial charge is 0.486 e. The molecular weight excluding hydrogens is 382 g/mol. The van der Waals surface area contributed by atoms with Gasteiger partial charge in [0.05, 0.1) is 18.2 Å². The molecule has 1 aromatic carbocycles. The first-order chi connectivity index (χ1) is 13.6. The molecule has 0 bridgehead atoms. The van der Waals surface area contributed by atoms with Gasteiger partial charge in [0, 0.05) is 24.8 Å². The smallest absolute Gasteiger partial charge is 0.343 e. The van der Waals surface area contributed by atoms with Gasteiger partial charge in [-0.25, -0.2) is 9.89 Å². The minimum absolute atomic E-state index is 0.0911. The van der Waals surface area contributed by atoms with Crippen LogP contribution >= 0.6 is 11.8 Å².